The quantitative estimate of drug-likeness (QED) is 0.0357. The van der Waals surface area contributed by atoms with Crippen LogP contribution in [0.25, 0.3) is 22.3 Å². The number of alkyl halides is 8. The molecule has 7 atom stereocenters. The molecule has 0 aromatic heterocycles. The average molecular weight is 1870 g/mol. The molecule has 4 aromatic rings. The van der Waals surface area contributed by atoms with Crippen molar-refractivity contribution in [2.75, 3.05) is 91.8 Å². The fourth-order valence-corrected chi connectivity index (χ4v) is 16.4. The SMILES string of the molecule is CC(=O)OCC1c2ccccc2-c2ccccc21.CC(C)(C)OC(=O)[C@@H]1CC(=O)CN1C(=O)OC(C)(C)C.CC(C)(C)OC(=O)[C@@H]1C[C@H](N2CCC(F)(F)CC2)CN1C(=O)OC(C)(C)C.C[Si](C)(C)Cl.Cl.FC1(F)CCNCC1.O=C(O)[C@@H]1C[C@H](N2CCC(F)(F)CC2)CN1.O=C(O)[C@@H]1C[C@H](N2CCC(F)(F)CC2)CN1C(=O)OCC1c2ccccc2-c2ccccc21. The molecular weight excluding hydrogens is 1740 g/mol. The second kappa shape index (κ2) is 44.8. The van der Waals surface area contributed by atoms with Crippen LogP contribution in [-0.4, -0.2) is 281 Å². The van der Waals surface area contributed by atoms with Gasteiger partial charge in [-0.2, -0.15) is 11.1 Å². The van der Waals surface area contributed by atoms with Crippen molar-refractivity contribution in [2.24, 2.45) is 0 Å². The van der Waals surface area contributed by atoms with Gasteiger partial charge in [0.2, 0.25) is 0 Å². The molecule has 14 rings (SSSR count). The second-order valence-electron chi connectivity index (χ2n) is 38.7. The number of benzene rings is 4. The predicted molar refractivity (Wildman–Crippen MR) is 474 cm³/mol. The smallest absolute Gasteiger partial charge is 0.411 e. The molecule has 0 saturated carbocycles. The fourth-order valence-electron chi connectivity index (χ4n) is 16.4. The highest BCUT2D eigenvalue weighted by molar-refractivity contribution is 7.18. The van der Waals surface area contributed by atoms with Gasteiger partial charge in [0.25, 0.3) is 23.7 Å². The highest BCUT2D eigenvalue weighted by Gasteiger charge is 2.50. The third kappa shape index (κ3) is 32.9. The number of rotatable bonds is 11. The third-order valence-electron chi connectivity index (χ3n) is 22.5. The van der Waals surface area contributed by atoms with E-state index in [9.17, 15) is 83.4 Å². The van der Waals surface area contributed by atoms with E-state index in [0.717, 1.165) is 27.2 Å². The highest BCUT2D eigenvalue weighted by atomic mass is 35.6. The summed E-state index contributed by atoms with van der Waals surface area (Å²) in [5.74, 6) is -13.6. The number of piperidine rings is 4. The number of nitrogens with zero attached hydrogens (tertiary/aromatic N) is 6. The Bertz CT molecular complexity index is 4240. The molecule has 8 heterocycles. The molecule has 4 N–H and O–H groups in total. The number of carboxylic acids is 2. The van der Waals surface area contributed by atoms with Gasteiger partial charge in [0.1, 0.15) is 67.2 Å². The number of fused-ring (bicyclic) bond motifs is 6. The number of amides is 3. The van der Waals surface area contributed by atoms with E-state index < -0.39 is 120 Å². The van der Waals surface area contributed by atoms with Crippen LogP contribution in [0.4, 0.5) is 49.5 Å². The van der Waals surface area contributed by atoms with Gasteiger partial charge < -0.3 is 49.3 Å². The summed E-state index contributed by atoms with van der Waals surface area (Å²) in [4.78, 5) is 117. The normalized spacial score (nSPS) is 23.5. The number of nitrogens with one attached hydrogen (secondary N) is 2. The van der Waals surface area contributed by atoms with Crippen LogP contribution < -0.4 is 10.6 Å². The largest absolute Gasteiger partial charge is 0.480 e. The zero-order valence-corrected chi connectivity index (χ0v) is 78.9. The molecular formula is C92H130Cl2F8N8O17Si. The molecule has 25 nitrogen and oxygen atoms in total. The summed E-state index contributed by atoms with van der Waals surface area (Å²) in [5, 5.41) is 24.3. The van der Waals surface area contributed by atoms with Crippen molar-refractivity contribution in [1.29, 1.82) is 0 Å². The van der Waals surface area contributed by atoms with Crippen molar-refractivity contribution in [3.63, 3.8) is 0 Å². The van der Waals surface area contributed by atoms with E-state index in [-0.39, 0.29) is 171 Å². The molecule has 714 valence electrons. The maximum Gasteiger partial charge on any atom is 0.411 e. The Morgan fingerprint density at radius 2 is 0.766 bits per heavy atom. The summed E-state index contributed by atoms with van der Waals surface area (Å²) in [6.45, 7) is 32.7. The van der Waals surface area contributed by atoms with Crippen LogP contribution in [0, 0.1) is 0 Å². The summed E-state index contributed by atoms with van der Waals surface area (Å²) in [6.07, 6.45) is -1.95. The summed E-state index contributed by atoms with van der Waals surface area (Å²) in [5.41, 5.74) is 6.67. The lowest BCUT2D eigenvalue weighted by Crippen LogP contribution is -2.47. The molecule has 0 spiro atoms. The Morgan fingerprint density at radius 1 is 0.445 bits per heavy atom. The maximum absolute atomic E-state index is 13.5. The Hall–Kier alpha value is -8.25. The van der Waals surface area contributed by atoms with Gasteiger partial charge in [0.05, 0.1) is 6.54 Å². The summed E-state index contributed by atoms with van der Waals surface area (Å²) >= 11 is 5.67. The van der Waals surface area contributed by atoms with Crippen molar-refractivity contribution in [3.8, 4) is 22.3 Å². The topological polar surface area (TPSA) is 293 Å². The number of hydrogen-bond acceptors (Lipinski definition) is 20. The lowest BCUT2D eigenvalue weighted by atomic mass is 9.98. The standard InChI is InChI=1S/C25H26F2N2O4.C19H32F2N2O4.C16H14O2.C14H23NO5.C10H16F2N2O2.C5H9F2N.C3H9ClSi.ClH/c26-25(27)9-11-28(12-10-25)16-13-22(23(30)31)29(14-16)24(32)33-15-21-19-7-3-1-5-17(19)18-6-2-4-8-20(18)21;1-17(2,3)26-15(24)14-11-13(22-9-7-19(20,21)8-10-22)12-23(14)16(25)27-18(4,5)6;1-11(17)18-10-16-14-8-4-2-6-12(14)13-7-3-5-9-15(13)16;1-13(2,3)19-11(17)10-7-9(16)8-15(10)12(18)20-14(4,5)6;11-10(12)1-3-14(4-2-10)7-5-8(9(15)16)13-6-7;6-5(7)1-3-8-4-2-5;1-5(2,3)4;/h1-8,16,21-22H,9-15H2,(H,30,31);13-14H,7-12H2,1-6H3;2-9,16H,10H2,1H3;10H,7-8H2,1-6H3;7-8,13H,1-6H2,(H,15,16);8H,1-4H2;1-3H3;1H/t16-,22-;13-,14-;;10-;7-,8-;;;/m00.00.../s1. The lowest BCUT2D eigenvalue weighted by molar-refractivity contribution is -0.161. The number of carbonyl (C=O) groups is 9. The third-order valence-corrected chi connectivity index (χ3v) is 22.5. The molecule has 0 bridgehead atoms. The van der Waals surface area contributed by atoms with Crippen molar-refractivity contribution < 1.29 is 117 Å². The Labute approximate surface area is 758 Å². The number of esters is 3. The van der Waals surface area contributed by atoms with Crippen LogP contribution in [0.2, 0.25) is 19.6 Å². The van der Waals surface area contributed by atoms with Crippen molar-refractivity contribution >= 4 is 84.8 Å². The molecule has 0 unspecified atom stereocenters. The molecule has 8 fully saturated rings. The number of ether oxygens (including phenoxy) is 6. The van der Waals surface area contributed by atoms with Gasteiger partial charge >= 0.3 is 48.1 Å². The zero-order chi connectivity index (χ0) is 94.3. The molecule has 4 aromatic carbocycles. The molecule has 36 heteroatoms. The lowest BCUT2D eigenvalue weighted by Gasteiger charge is -2.35. The van der Waals surface area contributed by atoms with E-state index in [1.54, 1.807) is 83.1 Å². The molecule has 8 aliphatic heterocycles. The first-order valence-corrected chi connectivity index (χ1v) is 48.1. The van der Waals surface area contributed by atoms with Gasteiger partial charge in [-0.15, -0.1) is 12.4 Å². The predicted octanol–water partition coefficient (Wildman–Crippen LogP) is 16.9. The number of likely N-dealkylation sites (tertiary alicyclic amines) is 6. The first kappa shape index (κ1) is 107. The molecule has 3 amide bonds. The minimum Gasteiger partial charge on any atom is -0.480 e. The first-order valence-electron chi connectivity index (χ1n) is 43.6. The van der Waals surface area contributed by atoms with Gasteiger partial charge in [-0.05, 0) is 147 Å². The number of hydrogen-bond donors (Lipinski definition) is 4. The molecule has 10 aliphatic rings. The fraction of sp³-hybridized carbons (Fsp3) is 0.641. The van der Waals surface area contributed by atoms with Crippen LogP contribution in [-0.2, 0) is 57.2 Å². The number of carboxylic acid groups (broad SMARTS) is 2. The minimum atomic E-state index is -2.67. The van der Waals surface area contributed by atoms with E-state index in [1.165, 1.54) is 39.0 Å². The van der Waals surface area contributed by atoms with Crippen LogP contribution >= 0.6 is 23.5 Å². The number of carbonyl (C=O) groups excluding carboxylic acids is 7. The highest BCUT2D eigenvalue weighted by Crippen LogP contribution is 2.47. The number of aliphatic carboxylic acids is 2. The Balaban J connectivity index is 0.000000215. The van der Waals surface area contributed by atoms with Gasteiger partial charge in [0.15, 0.2) is 5.78 Å². The van der Waals surface area contributed by atoms with Crippen LogP contribution in [0.3, 0.4) is 0 Å². The molecule has 0 radical (unpaired) electrons. The second-order valence-corrected chi connectivity index (χ2v) is 46.3. The van der Waals surface area contributed by atoms with E-state index in [1.807, 2.05) is 87.5 Å². The van der Waals surface area contributed by atoms with Crippen molar-refractivity contribution in [1.82, 2.24) is 40.0 Å². The van der Waals surface area contributed by atoms with E-state index in [4.69, 9.17) is 44.6 Å². The Kier molecular flexibility index (Phi) is 37.4. The van der Waals surface area contributed by atoms with E-state index >= 15 is 0 Å². The zero-order valence-electron chi connectivity index (χ0n) is 76.3. The van der Waals surface area contributed by atoms with Crippen LogP contribution in [0.15, 0.2) is 97.1 Å². The maximum atomic E-state index is 13.5. The first-order chi connectivity index (χ1) is 58.9. The van der Waals surface area contributed by atoms with Crippen molar-refractivity contribution in [2.45, 2.75) is 287 Å². The number of halogens is 10. The summed E-state index contributed by atoms with van der Waals surface area (Å²) in [7, 11) is -1.14. The number of ketones is 1. The van der Waals surface area contributed by atoms with Gasteiger partial charge in [-0.3, -0.25) is 43.8 Å². The van der Waals surface area contributed by atoms with Gasteiger partial charge in [-0.25, -0.2) is 63.9 Å². The summed E-state index contributed by atoms with van der Waals surface area (Å²) in [6, 6.07) is 29.1. The summed E-state index contributed by atoms with van der Waals surface area (Å²) < 4.78 is 136. The van der Waals surface area contributed by atoms with Gasteiger partial charge in [-0.1, -0.05) is 117 Å². The molecule has 8 saturated heterocycles. The average Bonchev–Trinajstić information content (AvgIpc) is 1.62. The Morgan fingerprint density at radius 3 is 1.09 bits per heavy atom. The minimum absolute atomic E-state index is 0. The number of Topliss-reactive ketones (excluding diaryl/α,β-unsaturated/α-hetero) is 1. The molecule has 128 heavy (non-hydrogen) atoms. The molecule has 2 aliphatic carbocycles. The monoisotopic (exact) mass is 1870 g/mol. The van der Waals surface area contributed by atoms with Crippen molar-refractivity contribution in [3.05, 3.63) is 119 Å². The van der Waals surface area contributed by atoms with Gasteiger partial charge in [0, 0.05) is 167 Å². The van der Waals surface area contributed by atoms with E-state index in [2.05, 4.69) is 54.5 Å². The van der Waals surface area contributed by atoms with Crippen LogP contribution in [0.5, 0.6) is 0 Å². The van der Waals surface area contributed by atoms with E-state index in [0.29, 0.717) is 52.2 Å². The van der Waals surface area contributed by atoms with Crippen LogP contribution in [0.1, 0.15) is 201 Å².